The van der Waals surface area contributed by atoms with Gasteiger partial charge in [0.25, 0.3) is 5.69 Å². The van der Waals surface area contributed by atoms with E-state index in [9.17, 15) is 10.1 Å². The lowest BCUT2D eigenvalue weighted by Gasteiger charge is -2.10. The van der Waals surface area contributed by atoms with Crippen LogP contribution in [0.25, 0.3) is 11.3 Å². The zero-order chi connectivity index (χ0) is 14.7. The quantitative estimate of drug-likeness (QED) is 0.678. The summed E-state index contributed by atoms with van der Waals surface area (Å²) in [5.74, 6) is 0.661. The Morgan fingerprint density at radius 2 is 2.05 bits per heavy atom. The monoisotopic (exact) mass is 274 g/mol. The van der Waals surface area contributed by atoms with E-state index in [4.69, 9.17) is 10.5 Å². The summed E-state index contributed by atoms with van der Waals surface area (Å²) in [6.45, 7) is 3.80. The van der Waals surface area contributed by atoms with Crippen LogP contribution in [0.1, 0.15) is 13.8 Å². The molecule has 0 bridgehead atoms. The summed E-state index contributed by atoms with van der Waals surface area (Å²) in [7, 11) is 0. The van der Waals surface area contributed by atoms with Crippen molar-refractivity contribution >= 4 is 11.5 Å². The summed E-state index contributed by atoms with van der Waals surface area (Å²) in [6, 6.07) is 4.29. The molecule has 0 fully saturated rings. The van der Waals surface area contributed by atoms with E-state index in [1.165, 1.54) is 12.1 Å². The third-order valence-electron chi connectivity index (χ3n) is 2.42. The molecule has 0 radical (unpaired) electrons. The SMILES string of the molecule is CC(C)Oc1cncc(-c2cc([N+](=O)[O-])cc(N)n2)c1. The summed E-state index contributed by atoms with van der Waals surface area (Å²) in [5.41, 5.74) is 6.47. The molecule has 0 spiro atoms. The van der Waals surface area contributed by atoms with Crippen molar-refractivity contribution in [2.24, 2.45) is 0 Å². The predicted molar refractivity (Wildman–Crippen MR) is 74.3 cm³/mol. The Labute approximate surface area is 115 Å². The van der Waals surface area contributed by atoms with Crippen molar-refractivity contribution in [1.29, 1.82) is 0 Å². The van der Waals surface area contributed by atoms with Crippen molar-refractivity contribution in [2.45, 2.75) is 20.0 Å². The molecule has 0 atom stereocenters. The molecular formula is C13H14N4O3. The van der Waals surface area contributed by atoms with Gasteiger partial charge in [0.05, 0.1) is 29.0 Å². The Hall–Kier alpha value is -2.70. The van der Waals surface area contributed by atoms with Crippen LogP contribution in [0.3, 0.4) is 0 Å². The van der Waals surface area contributed by atoms with Crippen LogP contribution in [0.4, 0.5) is 11.5 Å². The highest BCUT2D eigenvalue weighted by atomic mass is 16.6. The van der Waals surface area contributed by atoms with Gasteiger partial charge in [0.2, 0.25) is 0 Å². The van der Waals surface area contributed by atoms with Crippen molar-refractivity contribution in [3.8, 4) is 17.0 Å². The maximum absolute atomic E-state index is 10.8. The van der Waals surface area contributed by atoms with Gasteiger partial charge in [0, 0.05) is 17.8 Å². The Balaban J connectivity index is 2.43. The fraction of sp³-hybridized carbons (Fsp3) is 0.231. The summed E-state index contributed by atoms with van der Waals surface area (Å²) in [4.78, 5) is 18.4. The largest absolute Gasteiger partial charge is 0.489 e. The van der Waals surface area contributed by atoms with Crippen molar-refractivity contribution < 1.29 is 9.66 Å². The van der Waals surface area contributed by atoms with E-state index in [1.807, 2.05) is 13.8 Å². The number of ether oxygens (including phenoxy) is 1. The number of nitrogens with zero attached hydrogens (tertiary/aromatic N) is 3. The normalized spacial score (nSPS) is 10.6. The first-order valence-corrected chi connectivity index (χ1v) is 5.99. The average molecular weight is 274 g/mol. The molecule has 2 aromatic rings. The summed E-state index contributed by atoms with van der Waals surface area (Å²) >= 11 is 0. The maximum Gasteiger partial charge on any atom is 0.275 e. The zero-order valence-electron chi connectivity index (χ0n) is 11.1. The number of nitro groups is 1. The van der Waals surface area contributed by atoms with Gasteiger partial charge in [0.15, 0.2) is 0 Å². The third kappa shape index (κ3) is 3.19. The number of hydrogen-bond donors (Lipinski definition) is 1. The van der Waals surface area contributed by atoms with Gasteiger partial charge in [-0.25, -0.2) is 4.98 Å². The number of nitrogens with two attached hydrogens (primary N) is 1. The zero-order valence-corrected chi connectivity index (χ0v) is 11.1. The van der Waals surface area contributed by atoms with Crippen molar-refractivity contribution in [3.05, 3.63) is 40.7 Å². The van der Waals surface area contributed by atoms with Crippen molar-refractivity contribution in [3.63, 3.8) is 0 Å². The van der Waals surface area contributed by atoms with Crippen LogP contribution in [0.15, 0.2) is 30.6 Å². The molecule has 2 aromatic heterocycles. The molecule has 0 saturated carbocycles. The van der Waals surface area contributed by atoms with E-state index in [0.717, 1.165) is 0 Å². The first-order chi connectivity index (χ1) is 9.45. The van der Waals surface area contributed by atoms with Crippen LogP contribution >= 0.6 is 0 Å². The molecular weight excluding hydrogens is 260 g/mol. The summed E-state index contributed by atoms with van der Waals surface area (Å²) in [5, 5.41) is 10.8. The lowest BCUT2D eigenvalue weighted by atomic mass is 10.1. The fourth-order valence-corrected chi connectivity index (χ4v) is 1.69. The minimum atomic E-state index is -0.510. The Kier molecular flexibility index (Phi) is 3.79. The highest BCUT2D eigenvalue weighted by Crippen LogP contribution is 2.26. The first kappa shape index (κ1) is 13.7. The Morgan fingerprint density at radius 3 is 2.70 bits per heavy atom. The maximum atomic E-state index is 10.8. The van der Waals surface area contributed by atoms with Gasteiger partial charge in [0.1, 0.15) is 11.6 Å². The standard InChI is InChI=1S/C13H14N4O3/c1-8(2)20-11-3-9(6-15-7-11)12-4-10(17(18)19)5-13(14)16-12/h3-8H,1-2H3,(H2,14,16). The number of aromatic nitrogens is 2. The molecule has 7 heteroatoms. The molecule has 7 nitrogen and oxygen atoms in total. The van der Waals surface area contributed by atoms with Crippen LogP contribution in [0, 0.1) is 10.1 Å². The van der Waals surface area contributed by atoms with Gasteiger partial charge in [-0.1, -0.05) is 0 Å². The van der Waals surface area contributed by atoms with Gasteiger partial charge < -0.3 is 10.5 Å². The van der Waals surface area contributed by atoms with Gasteiger partial charge in [-0.3, -0.25) is 15.1 Å². The number of nitrogen functional groups attached to an aromatic ring is 1. The van der Waals surface area contributed by atoms with Crippen LogP contribution in [-0.2, 0) is 0 Å². The van der Waals surface area contributed by atoms with Gasteiger partial charge in [-0.15, -0.1) is 0 Å². The number of rotatable bonds is 4. The number of hydrogen-bond acceptors (Lipinski definition) is 6. The number of pyridine rings is 2. The van der Waals surface area contributed by atoms with E-state index in [-0.39, 0.29) is 17.6 Å². The molecule has 0 aliphatic rings. The average Bonchev–Trinajstić information content (AvgIpc) is 2.37. The van der Waals surface area contributed by atoms with E-state index in [2.05, 4.69) is 9.97 Å². The second kappa shape index (κ2) is 5.52. The minimum absolute atomic E-state index is 0.00943. The van der Waals surface area contributed by atoms with Gasteiger partial charge >= 0.3 is 0 Å². The number of anilines is 1. The molecule has 0 aliphatic heterocycles. The minimum Gasteiger partial charge on any atom is -0.489 e. The van der Waals surface area contributed by atoms with E-state index < -0.39 is 4.92 Å². The predicted octanol–water partition coefficient (Wildman–Crippen LogP) is 2.42. The van der Waals surface area contributed by atoms with Crippen molar-refractivity contribution in [2.75, 3.05) is 5.73 Å². The van der Waals surface area contributed by atoms with Gasteiger partial charge in [-0.2, -0.15) is 0 Å². The first-order valence-electron chi connectivity index (χ1n) is 5.99. The highest BCUT2D eigenvalue weighted by Gasteiger charge is 2.12. The second-order valence-corrected chi connectivity index (χ2v) is 4.47. The molecule has 0 saturated heterocycles. The Morgan fingerprint density at radius 1 is 1.30 bits per heavy atom. The second-order valence-electron chi connectivity index (χ2n) is 4.47. The van der Waals surface area contributed by atoms with E-state index in [1.54, 1.807) is 18.5 Å². The molecule has 2 N–H and O–H groups in total. The lowest BCUT2D eigenvalue weighted by molar-refractivity contribution is -0.384. The topological polar surface area (TPSA) is 104 Å². The molecule has 20 heavy (non-hydrogen) atoms. The van der Waals surface area contributed by atoms with E-state index in [0.29, 0.717) is 17.0 Å². The van der Waals surface area contributed by atoms with Crippen molar-refractivity contribution in [1.82, 2.24) is 9.97 Å². The van der Waals surface area contributed by atoms with Crippen LogP contribution in [0.2, 0.25) is 0 Å². The smallest absolute Gasteiger partial charge is 0.275 e. The molecule has 0 amide bonds. The summed E-state index contributed by atoms with van der Waals surface area (Å²) < 4.78 is 5.53. The third-order valence-corrected chi connectivity index (χ3v) is 2.42. The molecule has 104 valence electrons. The fourth-order valence-electron chi connectivity index (χ4n) is 1.69. The highest BCUT2D eigenvalue weighted by molar-refractivity contribution is 5.65. The van der Waals surface area contributed by atoms with Crippen LogP contribution in [-0.4, -0.2) is 21.0 Å². The Bertz CT molecular complexity index is 643. The van der Waals surface area contributed by atoms with Crippen LogP contribution < -0.4 is 10.5 Å². The molecule has 2 rings (SSSR count). The molecule has 0 aliphatic carbocycles. The molecule has 2 heterocycles. The molecule has 0 unspecified atom stereocenters. The van der Waals surface area contributed by atoms with E-state index >= 15 is 0 Å². The summed E-state index contributed by atoms with van der Waals surface area (Å²) in [6.07, 6.45) is 3.14. The van der Waals surface area contributed by atoms with Gasteiger partial charge in [-0.05, 0) is 19.9 Å². The lowest BCUT2D eigenvalue weighted by Crippen LogP contribution is -2.05. The van der Waals surface area contributed by atoms with Crippen LogP contribution in [0.5, 0.6) is 5.75 Å². The molecule has 0 aromatic carbocycles.